The number of fused-ring (bicyclic) bond motifs is 1. The summed E-state index contributed by atoms with van der Waals surface area (Å²) in [5, 5.41) is 0.716. The number of hydrogen-bond donors (Lipinski definition) is 1. The number of aromatic nitrogens is 2. The number of hydrogen-bond acceptors (Lipinski definition) is 4. The molecule has 0 aliphatic carbocycles. The minimum Gasteiger partial charge on any atom is -0.292 e. The monoisotopic (exact) mass is 371 g/mol. The third-order valence-corrected chi connectivity index (χ3v) is 5.32. The largest absolute Gasteiger partial charge is 0.348 e. The second kappa shape index (κ2) is 7.29. The molecule has 0 unspecified atom stereocenters. The van der Waals surface area contributed by atoms with Crippen LogP contribution in [0, 0.1) is 6.92 Å². The molecule has 0 aliphatic rings. The van der Waals surface area contributed by atoms with E-state index in [4.69, 9.17) is 0 Å². The van der Waals surface area contributed by atoms with Crippen LogP contribution in [0.5, 0.6) is 0 Å². The van der Waals surface area contributed by atoms with Crippen molar-refractivity contribution >= 4 is 26.6 Å². The summed E-state index contributed by atoms with van der Waals surface area (Å²) in [7, 11) is -3.54. The fourth-order valence-corrected chi connectivity index (χ4v) is 4.01. The van der Waals surface area contributed by atoms with E-state index in [9.17, 15) is 13.2 Å². The van der Waals surface area contributed by atoms with Gasteiger partial charge in [0.05, 0.1) is 11.3 Å². The molecule has 0 saturated heterocycles. The van der Waals surface area contributed by atoms with Crippen molar-refractivity contribution in [3.05, 3.63) is 70.3 Å². The lowest BCUT2D eigenvalue weighted by Gasteiger charge is -2.11. The lowest BCUT2D eigenvalue weighted by Crippen LogP contribution is -2.22. The Hall–Kier alpha value is -2.67. The zero-order chi connectivity index (χ0) is 18.7. The molecule has 1 heterocycles. The fourth-order valence-electron chi connectivity index (χ4n) is 2.82. The molecule has 3 rings (SSSR count). The Balaban J connectivity index is 1.87. The van der Waals surface area contributed by atoms with E-state index >= 15 is 0 Å². The van der Waals surface area contributed by atoms with Crippen molar-refractivity contribution in [1.29, 1.82) is 0 Å². The van der Waals surface area contributed by atoms with Crippen LogP contribution in [-0.4, -0.2) is 18.0 Å². The molecule has 0 saturated carbocycles. The smallest absolute Gasteiger partial charge is 0.292 e. The lowest BCUT2D eigenvalue weighted by atomic mass is 10.2. The minimum absolute atomic E-state index is 0.0983. The number of aryl methyl sites for hydroxylation is 2. The van der Waals surface area contributed by atoms with Crippen LogP contribution >= 0.6 is 0 Å². The SMILES string of the molecule is CCCn1c(=O)ncc2cc(NS(=O)(=O)Cc3ccc(C)cc3)ccc21. The molecule has 0 atom stereocenters. The van der Waals surface area contributed by atoms with Gasteiger partial charge in [-0.25, -0.2) is 18.2 Å². The molecule has 7 heteroatoms. The van der Waals surface area contributed by atoms with Crippen LogP contribution < -0.4 is 10.4 Å². The van der Waals surface area contributed by atoms with Crippen LogP contribution in [-0.2, 0) is 22.3 Å². The molecule has 0 bridgehead atoms. The molecule has 0 radical (unpaired) electrons. The van der Waals surface area contributed by atoms with Crippen LogP contribution in [0.3, 0.4) is 0 Å². The van der Waals surface area contributed by atoms with E-state index in [0.29, 0.717) is 17.6 Å². The first-order valence-electron chi connectivity index (χ1n) is 8.43. The maximum atomic E-state index is 12.4. The second-order valence-corrected chi connectivity index (χ2v) is 8.04. The topological polar surface area (TPSA) is 81.1 Å². The highest BCUT2D eigenvalue weighted by Crippen LogP contribution is 2.20. The van der Waals surface area contributed by atoms with Gasteiger partial charge < -0.3 is 0 Å². The maximum absolute atomic E-state index is 12.4. The molecular weight excluding hydrogens is 350 g/mol. The summed E-state index contributed by atoms with van der Waals surface area (Å²) in [5.41, 5.74) is 2.70. The van der Waals surface area contributed by atoms with Gasteiger partial charge in [0.15, 0.2) is 0 Å². The standard InChI is InChI=1S/C19H21N3O3S/c1-3-10-22-18-9-8-17(11-16(18)12-20-19(22)23)21-26(24,25)13-15-6-4-14(2)5-7-15/h4-9,11-12,21H,3,10,13H2,1-2H3. The molecular formula is C19H21N3O3S. The average Bonchev–Trinajstić information content (AvgIpc) is 2.59. The number of benzene rings is 2. The van der Waals surface area contributed by atoms with Gasteiger partial charge in [-0.1, -0.05) is 36.8 Å². The second-order valence-electron chi connectivity index (χ2n) is 6.31. The zero-order valence-corrected chi connectivity index (χ0v) is 15.6. The quantitative estimate of drug-likeness (QED) is 0.722. The van der Waals surface area contributed by atoms with Crippen LogP contribution in [0.15, 0.2) is 53.5 Å². The van der Waals surface area contributed by atoms with E-state index in [2.05, 4.69) is 9.71 Å². The average molecular weight is 371 g/mol. The van der Waals surface area contributed by atoms with E-state index in [1.807, 2.05) is 38.1 Å². The number of nitrogens with one attached hydrogen (secondary N) is 1. The minimum atomic E-state index is -3.54. The van der Waals surface area contributed by atoms with Crippen molar-refractivity contribution in [2.75, 3.05) is 4.72 Å². The Bertz CT molecular complexity index is 1090. The Kier molecular flexibility index (Phi) is 5.08. The first kappa shape index (κ1) is 18.1. The number of rotatable bonds is 6. The molecule has 3 aromatic rings. The number of sulfonamides is 1. The summed E-state index contributed by atoms with van der Waals surface area (Å²) < 4.78 is 29.1. The fraction of sp³-hybridized carbons (Fsp3) is 0.263. The van der Waals surface area contributed by atoms with Crippen molar-refractivity contribution in [3.63, 3.8) is 0 Å². The number of nitrogens with zero attached hydrogens (tertiary/aromatic N) is 2. The van der Waals surface area contributed by atoms with E-state index in [0.717, 1.165) is 23.1 Å². The van der Waals surface area contributed by atoms with E-state index in [-0.39, 0.29) is 11.4 Å². The van der Waals surface area contributed by atoms with Gasteiger partial charge in [0.25, 0.3) is 0 Å². The Labute approximate surface area is 152 Å². The molecule has 0 aliphatic heterocycles. The highest BCUT2D eigenvalue weighted by Gasteiger charge is 2.13. The molecule has 0 spiro atoms. The van der Waals surface area contributed by atoms with Gasteiger partial charge in [0.1, 0.15) is 0 Å². The molecule has 26 heavy (non-hydrogen) atoms. The van der Waals surface area contributed by atoms with Gasteiger partial charge in [-0.2, -0.15) is 0 Å². The van der Waals surface area contributed by atoms with Gasteiger partial charge in [0.2, 0.25) is 10.0 Å². The van der Waals surface area contributed by atoms with Crippen molar-refractivity contribution in [1.82, 2.24) is 9.55 Å². The summed E-state index contributed by atoms with van der Waals surface area (Å²) in [4.78, 5) is 15.8. The van der Waals surface area contributed by atoms with Crippen LogP contribution in [0.4, 0.5) is 5.69 Å². The molecule has 2 aromatic carbocycles. The van der Waals surface area contributed by atoms with Crippen molar-refractivity contribution in [3.8, 4) is 0 Å². The molecule has 1 aromatic heterocycles. The van der Waals surface area contributed by atoms with E-state index in [1.54, 1.807) is 22.8 Å². The van der Waals surface area contributed by atoms with Gasteiger partial charge in [0, 0.05) is 23.8 Å². The van der Waals surface area contributed by atoms with Crippen LogP contribution in [0.25, 0.3) is 10.9 Å². The van der Waals surface area contributed by atoms with Gasteiger partial charge in [-0.3, -0.25) is 9.29 Å². The predicted octanol–water partition coefficient (Wildman–Crippen LogP) is 3.06. The van der Waals surface area contributed by atoms with Gasteiger partial charge >= 0.3 is 5.69 Å². The van der Waals surface area contributed by atoms with Gasteiger partial charge in [-0.05, 0) is 37.1 Å². The maximum Gasteiger partial charge on any atom is 0.348 e. The van der Waals surface area contributed by atoms with Crippen molar-refractivity contribution in [2.45, 2.75) is 32.6 Å². The molecule has 1 N–H and O–H groups in total. The molecule has 0 fully saturated rings. The molecule has 0 amide bonds. The van der Waals surface area contributed by atoms with Crippen molar-refractivity contribution in [2.24, 2.45) is 0 Å². The number of anilines is 1. The summed E-state index contributed by atoms with van der Waals surface area (Å²) in [6.45, 7) is 4.51. The summed E-state index contributed by atoms with van der Waals surface area (Å²) in [5.74, 6) is -0.0983. The first-order valence-corrected chi connectivity index (χ1v) is 10.1. The Morgan fingerprint density at radius 3 is 2.54 bits per heavy atom. The molecule has 136 valence electrons. The normalized spacial score (nSPS) is 11.6. The van der Waals surface area contributed by atoms with Crippen molar-refractivity contribution < 1.29 is 8.42 Å². The van der Waals surface area contributed by atoms with E-state index in [1.165, 1.54) is 6.20 Å². The summed E-state index contributed by atoms with van der Waals surface area (Å²) in [6.07, 6.45) is 2.28. The third kappa shape index (κ3) is 4.11. The zero-order valence-electron chi connectivity index (χ0n) is 14.8. The summed E-state index contributed by atoms with van der Waals surface area (Å²) >= 11 is 0. The Morgan fingerprint density at radius 2 is 1.85 bits per heavy atom. The third-order valence-electron chi connectivity index (χ3n) is 4.06. The van der Waals surface area contributed by atoms with E-state index < -0.39 is 10.0 Å². The highest BCUT2D eigenvalue weighted by atomic mass is 32.2. The lowest BCUT2D eigenvalue weighted by molar-refractivity contribution is 0.600. The first-order chi connectivity index (χ1) is 12.4. The summed E-state index contributed by atoms with van der Waals surface area (Å²) in [6, 6.07) is 12.5. The van der Waals surface area contributed by atoms with Crippen LogP contribution in [0.2, 0.25) is 0 Å². The highest BCUT2D eigenvalue weighted by molar-refractivity contribution is 7.91. The predicted molar refractivity (Wildman–Crippen MR) is 104 cm³/mol. The molecule has 6 nitrogen and oxygen atoms in total. The van der Waals surface area contributed by atoms with Gasteiger partial charge in [-0.15, -0.1) is 0 Å². The van der Waals surface area contributed by atoms with Crippen LogP contribution in [0.1, 0.15) is 24.5 Å². The Morgan fingerprint density at radius 1 is 1.12 bits per heavy atom.